The molecule has 2 aromatic rings. The van der Waals surface area contributed by atoms with Crippen LogP contribution in [0.4, 0.5) is 4.39 Å². The van der Waals surface area contributed by atoms with Crippen LogP contribution in [-0.4, -0.2) is 0 Å². The number of thiophene rings is 1. The lowest BCUT2D eigenvalue weighted by Crippen LogP contribution is -2.29. The lowest BCUT2D eigenvalue weighted by molar-refractivity contribution is 0.564. The van der Waals surface area contributed by atoms with E-state index >= 15 is 0 Å². The van der Waals surface area contributed by atoms with E-state index in [0.29, 0.717) is 14.4 Å². The predicted octanol–water partition coefficient (Wildman–Crippen LogP) is 4.51. The topological polar surface area (TPSA) is 38.0 Å². The molecule has 7 heteroatoms. The summed E-state index contributed by atoms with van der Waals surface area (Å²) in [5.41, 5.74) is 2.95. The molecule has 3 N–H and O–H groups in total. The van der Waals surface area contributed by atoms with Crippen molar-refractivity contribution in [2.24, 2.45) is 5.84 Å². The number of hydrogen-bond donors (Lipinski definition) is 2. The molecule has 0 amide bonds. The summed E-state index contributed by atoms with van der Waals surface area (Å²) in [5, 5.41) is 0.0374. The Labute approximate surface area is 126 Å². The van der Waals surface area contributed by atoms with Gasteiger partial charge < -0.3 is 0 Å². The highest BCUT2D eigenvalue weighted by Gasteiger charge is 2.21. The lowest BCUT2D eigenvalue weighted by Gasteiger charge is -2.16. The van der Waals surface area contributed by atoms with Crippen LogP contribution in [-0.2, 0) is 0 Å². The zero-order valence-corrected chi connectivity index (χ0v) is 12.8. The van der Waals surface area contributed by atoms with Gasteiger partial charge in [0, 0.05) is 14.9 Å². The molecule has 0 saturated carbocycles. The SMILES string of the molecule is NNC(c1ccc(Cl)s1)c1ccc(Br)c(Cl)c1F. The lowest BCUT2D eigenvalue weighted by atomic mass is 10.1. The molecule has 1 atom stereocenters. The van der Waals surface area contributed by atoms with Crippen molar-refractivity contribution in [3.8, 4) is 0 Å². The second kappa shape index (κ2) is 5.86. The molecule has 0 radical (unpaired) electrons. The summed E-state index contributed by atoms with van der Waals surface area (Å²) in [6.45, 7) is 0. The van der Waals surface area contributed by atoms with Gasteiger partial charge in [-0.15, -0.1) is 11.3 Å². The minimum Gasteiger partial charge on any atom is -0.271 e. The van der Waals surface area contributed by atoms with Crippen LogP contribution >= 0.6 is 50.5 Å². The van der Waals surface area contributed by atoms with Crippen LogP contribution in [0.25, 0.3) is 0 Å². The van der Waals surface area contributed by atoms with Crippen LogP contribution in [0, 0.1) is 5.82 Å². The maximum absolute atomic E-state index is 14.1. The third kappa shape index (κ3) is 2.71. The summed E-state index contributed by atoms with van der Waals surface area (Å²) in [7, 11) is 0. The standard InChI is InChI=1S/C11H8BrCl2FN2S/c12-6-2-1-5(10(15)9(6)14)11(17-16)7-3-4-8(13)18-7/h1-4,11,17H,16H2. The Balaban J connectivity index is 2.49. The third-order valence-corrected chi connectivity index (χ3v) is 4.98. The normalized spacial score (nSPS) is 12.7. The van der Waals surface area contributed by atoms with Gasteiger partial charge in [-0.2, -0.15) is 0 Å². The van der Waals surface area contributed by atoms with Gasteiger partial charge in [-0.25, -0.2) is 9.82 Å². The van der Waals surface area contributed by atoms with Crippen molar-refractivity contribution in [3.63, 3.8) is 0 Å². The molecule has 0 spiro atoms. The molecule has 2 rings (SSSR count). The van der Waals surface area contributed by atoms with E-state index in [9.17, 15) is 4.39 Å². The number of rotatable bonds is 3. The molecule has 0 fully saturated rings. The van der Waals surface area contributed by atoms with Crippen molar-refractivity contribution in [2.45, 2.75) is 6.04 Å². The minimum atomic E-state index is -0.501. The van der Waals surface area contributed by atoms with Gasteiger partial charge in [0.1, 0.15) is 5.82 Å². The van der Waals surface area contributed by atoms with Crippen molar-refractivity contribution in [3.05, 3.63) is 54.4 Å². The molecule has 0 saturated heterocycles. The number of hydrazine groups is 1. The van der Waals surface area contributed by atoms with E-state index in [4.69, 9.17) is 29.0 Å². The summed E-state index contributed by atoms with van der Waals surface area (Å²) < 4.78 is 15.2. The molecule has 0 aliphatic carbocycles. The van der Waals surface area contributed by atoms with Crippen molar-refractivity contribution >= 4 is 50.5 Å². The number of hydrogen-bond acceptors (Lipinski definition) is 3. The summed E-state index contributed by atoms with van der Waals surface area (Å²) in [6, 6.07) is 6.37. The van der Waals surface area contributed by atoms with E-state index < -0.39 is 11.9 Å². The van der Waals surface area contributed by atoms with Crippen LogP contribution in [0.5, 0.6) is 0 Å². The Morgan fingerprint density at radius 3 is 2.56 bits per heavy atom. The average Bonchev–Trinajstić information content (AvgIpc) is 2.77. The summed E-state index contributed by atoms with van der Waals surface area (Å²) in [6.07, 6.45) is 0. The molecule has 1 heterocycles. The van der Waals surface area contributed by atoms with Gasteiger partial charge in [-0.3, -0.25) is 5.84 Å². The summed E-state index contributed by atoms with van der Waals surface area (Å²) >= 11 is 16.2. The Kier molecular flexibility index (Phi) is 4.64. The predicted molar refractivity (Wildman–Crippen MR) is 77.6 cm³/mol. The number of halogens is 4. The first-order valence-electron chi connectivity index (χ1n) is 4.89. The Morgan fingerprint density at radius 2 is 2.00 bits per heavy atom. The fraction of sp³-hybridized carbons (Fsp3) is 0.0909. The monoisotopic (exact) mass is 368 g/mol. The van der Waals surface area contributed by atoms with E-state index in [0.717, 1.165) is 4.88 Å². The highest BCUT2D eigenvalue weighted by molar-refractivity contribution is 9.10. The van der Waals surface area contributed by atoms with E-state index in [2.05, 4.69) is 21.4 Å². The minimum absolute atomic E-state index is 0.0374. The molecular formula is C11H8BrCl2FN2S. The molecule has 2 nitrogen and oxygen atoms in total. The Morgan fingerprint density at radius 1 is 1.28 bits per heavy atom. The maximum Gasteiger partial charge on any atom is 0.148 e. The average molecular weight is 370 g/mol. The number of nitrogens with one attached hydrogen (secondary N) is 1. The second-order valence-electron chi connectivity index (χ2n) is 3.51. The quantitative estimate of drug-likeness (QED) is 0.474. The van der Waals surface area contributed by atoms with Crippen molar-refractivity contribution in [1.29, 1.82) is 0 Å². The van der Waals surface area contributed by atoms with Crippen LogP contribution in [0.15, 0.2) is 28.7 Å². The van der Waals surface area contributed by atoms with Gasteiger partial charge in [0.25, 0.3) is 0 Å². The van der Waals surface area contributed by atoms with Crippen molar-refractivity contribution in [2.75, 3.05) is 0 Å². The second-order valence-corrected chi connectivity index (χ2v) is 6.49. The van der Waals surface area contributed by atoms with Crippen LogP contribution in [0.1, 0.15) is 16.5 Å². The Bertz CT molecular complexity index is 576. The van der Waals surface area contributed by atoms with Crippen LogP contribution < -0.4 is 11.3 Å². The molecular weight excluding hydrogens is 362 g/mol. The fourth-order valence-corrected chi connectivity index (χ4v) is 3.19. The van der Waals surface area contributed by atoms with Gasteiger partial charge in [-0.1, -0.05) is 29.3 Å². The first kappa shape index (κ1) is 14.2. The molecule has 18 heavy (non-hydrogen) atoms. The third-order valence-electron chi connectivity index (χ3n) is 2.42. The van der Waals surface area contributed by atoms with E-state index in [1.807, 2.05) is 0 Å². The maximum atomic E-state index is 14.1. The molecule has 0 bridgehead atoms. The molecule has 1 aromatic carbocycles. The highest BCUT2D eigenvalue weighted by atomic mass is 79.9. The largest absolute Gasteiger partial charge is 0.271 e. The zero-order valence-electron chi connectivity index (χ0n) is 8.88. The first-order chi connectivity index (χ1) is 8.54. The first-order valence-corrected chi connectivity index (χ1v) is 7.26. The van der Waals surface area contributed by atoms with Gasteiger partial charge in [-0.05, 0) is 34.1 Å². The number of nitrogens with two attached hydrogens (primary N) is 1. The Hall–Kier alpha value is -0.170. The highest BCUT2D eigenvalue weighted by Crippen LogP contribution is 2.35. The van der Waals surface area contributed by atoms with Crippen LogP contribution in [0.3, 0.4) is 0 Å². The van der Waals surface area contributed by atoms with Gasteiger partial charge in [0.15, 0.2) is 0 Å². The van der Waals surface area contributed by atoms with Gasteiger partial charge in [0.05, 0.1) is 15.4 Å². The summed E-state index contributed by atoms with van der Waals surface area (Å²) in [4.78, 5) is 0.819. The van der Waals surface area contributed by atoms with Crippen LogP contribution in [0.2, 0.25) is 9.36 Å². The molecule has 96 valence electrons. The molecule has 0 aliphatic rings. The smallest absolute Gasteiger partial charge is 0.148 e. The van der Waals surface area contributed by atoms with Gasteiger partial charge >= 0.3 is 0 Å². The fourth-order valence-electron chi connectivity index (χ4n) is 1.57. The van der Waals surface area contributed by atoms with E-state index in [-0.39, 0.29) is 5.02 Å². The molecule has 1 unspecified atom stereocenters. The van der Waals surface area contributed by atoms with Crippen molar-refractivity contribution < 1.29 is 4.39 Å². The number of benzene rings is 1. The van der Waals surface area contributed by atoms with Crippen molar-refractivity contribution in [1.82, 2.24) is 5.43 Å². The van der Waals surface area contributed by atoms with Gasteiger partial charge in [0.2, 0.25) is 0 Å². The summed E-state index contributed by atoms with van der Waals surface area (Å²) in [5.74, 6) is 4.99. The van der Waals surface area contributed by atoms with E-state index in [1.54, 1.807) is 24.3 Å². The molecule has 0 aliphatic heterocycles. The van der Waals surface area contributed by atoms with E-state index in [1.165, 1.54) is 11.3 Å². The molecule has 1 aromatic heterocycles. The zero-order chi connectivity index (χ0) is 13.3.